The molecule has 0 saturated carbocycles. The van der Waals surface area contributed by atoms with Crippen LogP contribution >= 0.6 is 0 Å². The lowest BCUT2D eigenvalue weighted by Gasteiger charge is -2.26. The first-order valence-corrected chi connectivity index (χ1v) is 9.60. The van der Waals surface area contributed by atoms with Crippen molar-refractivity contribution < 1.29 is 27.2 Å². The average molecular weight is 380 g/mol. The highest BCUT2D eigenvalue weighted by atomic mass is 32.2. The zero-order valence-electron chi connectivity index (χ0n) is 14.6. The third-order valence-corrected chi connectivity index (χ3v) is 5.96. The summed E-state index contributed by atoms with van der Waals surface area (Å²) < 4.78 is 42.2. The largest absolute Gasteiger partial charge is 0.455 e. The first kappa shape index (κ1) is 18.6. The molecule has 1 fully saturated rings. The monoisotopic (exact) mass is 380 g/mol. The Morgan fingerprint density at radius 2 is 1.96 bits per heavy atom. The molecule has 0 spiro atoms. The molecule has 2 aromatic rings. The summed E-state index contributed by atoms with van der Waals surface area (Å²) in [4.78, 5) is 12.5. The first-order valence-electron chi connectivity index (χ1n) is 8.16. The van der Waals surface area contributed by atoms with Crippen molar-refractivity contribution in [3.05, 3.63) is 46.8 Å². The molecule has 1 aliphatic rings. The molecule has 3 rings (SSSR count). The van der Waals surface area contributed by atoms with Crippen molar-refractivity contribution in [2.45, 2.75) is 25.3 Å². The van der Waals surface area contributed by atoms with E-state index in [1.807, 2.05) is 0 Å². The Bertz CT molecular complexity index is 900. The molecule has 0 radical (unpaired) electrons. The smallest absolute Gasteiger partial charge is 0.338 e. The number of nitrogens with zero attached hydrogens (tertiary/aromatic N) is 2. The number of sulfonamides is 1. The normalized spacial score (nSPS) is 15.8. The van der Waals surface area contributed by atoms with Gasteiger partial charge in [-0.3, -0.25) is 0 Å². The molecule has 1 saturated heterocycles. The van der Waals surface area contributed by atoms with Gasteiger partial charge in [-0.25, -0.2) is 13.2 Å². The van der Waals surface area contributed by atoms with E-state index >= 15 is 0 Å². The summed E-state index contributed by atoms with van der Waals surface area (Å²) in [6.07, 6.45) is 0. The predicted molar refractivity (Wildman–Crippen MR) is 91.1 cm³/mol. The van der Waals surface area contributed by atoms with Crippen molar-refractivity contribution in [2.24, 2.45) is 0 Å². The lowest BCUT2D eigenvalue weighted by atomic mass is 10.1. The quantitative estimate of drug-likeness (QED) is 0.728. The Balaban J connectivity index is 1.79. The van der Waals surface area contributed by atoms with Gasteiger partial charge in [0, 0.05) is 19.2 Å². The van der Waals surface area contributed by atoms with Crippen molar-refractivity contribution in [3.8, 4) is 0 Å². The van der Waals surface area contributed by atoms with Crippen molar-refractivity contribution in [1.29, 1.82) is 0 Å². The van der Waals surface area contributed by atoms with Crippen LogP contribution in [0.2, 0.25) is 0 Å². The number of rotatable bonds is 5. The summed E-state index contributed by atoms with van der Waals surface area (Å²) in [5.74, 6) is 0.00742. The molecule has 9 heteroatoms. The molecule has 140 valence electrons. The predicted octanol–water partition coefficient (Wildman–Crippen LogP) is 1.67. The summed E-state index contributed by atoms with van der Waals surface area (Å²) in [5.41, 5.74) is 1.33. The van der Waals surface area contributed by atoms with E-state index in [0.29, 0.717) is 43.3 Å². The van der Waals surface area contributed by atoms with Gasteiger partial charge in [-0.05, 0) is 31.5 Å². The molecule has 0 aliphatic carbocycles. The number of hydrogen-bond acceptors (Lipinski definition) is 7. The molecule has 1 aromatic heterocycles. The second kappa shape index (κ2) is 7.56. The van der Waals surface area contributed by atoms with Crippen LogP contribution in [0.5, 0.6) is 0 Å². The molecule has 0 atom stereocenters. The minimum Gasteiger partial charge on any atom is -0.455 e. The summed E-state index contributed by atoms with van der Waals surface area (Å²) in [7, 11) is -3.68. The van der Waals surface area contributed by atoms with Crippen LogP contribution in [0, 0.1) is 13.8 Å². The van der Waals surface area contributed by atoms with Crippen LogP contribution in [0.4, 0.5) is 0 Å². The first-order chi connectivity index (χ1) is 12.4. The highest BCUT2D eigenvalue weighted by molar-refractivity contribution is 7.89. The average Bonchev–Trinajstić information content (AvgIpc) is 3.06. The van der Waals surface area contributed by atoms with Crippen molar-refractivity contribution in [3.63, 3.8) is 0 Å². The van der Waals surface area contributed by atoms with Gasteiger partial charge >= 0.3 is 5.97 Å². The number of ether oxygens (including phenoxy) is 2. The zero-order chi connectivity index (χ0) is 18.7. The van der Waals surface area contributed by atoms with Crippen molar-refractivity contribution in [1.82, 2.24) is 9.46 Å². The summed E-state index contributed by atoms with van der Waals surface area (Å²) in [6.45, 7) is 4.72. The molecule has 0 unspecified atom stereocenters. The Morgan fingerprint density at radius 1 is 1.23 bits per heavy atom. The summed E-state index contributed by atoms with van der Waals surface area (Å²) >= 11 is 0. The highest BCUT2D eigenvalue weighted by Crippen LogP contribution is 2.21. The van der Waals surface area contributed by atoms with Crippen LogP contribution in [-0.4, -0.2) is 50.2 Å². The number of hydrogen-bond donors (Lipinski definition) is 0. The number of morpholine rings is 1. The lowest BCUT2D eigenvalue weighted by Crippen LogP contribution is -2.40. The lowest BCUT2D eigenvalue weighted by molar-refractivity contribution is 0.0463. The molecular weight excluding hydrogens is 360 g/mol. The maximum absolute atomic E-state index is 12.8. The summed E-state index contributed by atoms with van der Waals surface area (Å²) in [6, 6.07) is 6.12. The van der Waals surface area contributed by atoms with Gasteiger partial charge in [0.15, 0.2) is 0 Å². The molecule has 0 bridgehead atoms. The van der Waals surface area contributed by atoms with Crippen LogP contribution in [0.25, 0.3) is 0 Å². The van der Waals surface area contributed by atoms with Gasteiger partial charge in [-0.15, -0.1) is 0 Å². The van der Waals surface area contributed by atoms with Gasteiger partial charge in [0.05, 0.1) is 23.7 Å². The van der Waals surface area contributed by atoms with E-state index in [2.05, 4.69) is 5.16 Å². The topological polar surface area (TPSA) is 98.9 Å². The van der Waals surface area contributed by atoms with Gasteiger partial charge in [-0.2, -0.15) is 4.31 Å². The minimum atomic E-state index is -3.68. The van der Waals surface area contributed by atoms with E-state index < -0.39 is 16.0 Å². The fourth-order valence-corrected chi connectivity index (χ4v) is 4.06. The Hall–Kier alpha value is -2.23. The number of esters is 1. The Kier molecular flexibility index (Phi) is 5.40. The van der Waals surface area contributed by atoms with Gasteiger partial charge < -0.3 is 14.0 Å². The number of aryl methyl sites for hydroxylation is 2. The molecule has 0 amide bonds. The molecule has 1 aliphatic heterocycles. The van der Waals surface area contributed by atoms with Crippen LogP contribution in [-0.2, 0) is 26.1 Å². The standard InChI is InChI=1S/C17H20N2O6S/c1-12-3-4-15(26(21,22)19-5-7-23-8-6-19)10-16(12)17(20)24-11-14-9-13(2)25-18-14/h3-4,9-10H,5-8,11H2,1-2H3. The van der Waals surface area contributed by atoms with Crippen molar-refractivity contribution >= 4 is 16.0 Å². The van der Waals surface area contributed by atoms with E-state index in [-0.39, 0.29) is 17.1 Å². The van der Waals surface area contributed by atoms with Crippen LogP contribution in [0.3, 0.4) is 0 Å². The van der Waals surface area contributed by atoms with Crippen LogP contribution < -0.4 is 0 Å². The van der Waals surface area contributed by atoms with Gasteiger partial charge in [0.2, 0.25) is 10.0 Å². The zero-order valence-corrected chi connectivity index (χ0v) is 15.4. The molecule has 1 aromatic carbocycles. The van der Waals surface area contributed by atoms with E-state index in [1.54, 1.807) is 26.0 Å². The maximum Gasteiger partial charge on any atom is 0.338 e. The molecule has 2 heterocycles. The summed E-state index contributed by atoms with van der Waals surface area (Å²) in [5, 5.41) is 3.76. The number of benzene rings is 1. The van der Waals surface area contributed by atoms with Gasteiger partial charge in [0.25, 0.3) is 0 Å². The van der Waals surface area contributed by atoms with Gasteiger partial charge in [0.1, 0.15) is 18.1 Å². The third-order valence-electron chi connectivity index (χ3n) is 4.06. The maximum atomic E-state index is 12.8. The van der Waals surface area contributed by atoms with E-state index in [1.165, 1.54) is 16.4 Å². The molecule has 8 nitrogen and oxygen atoms in total. The highest BCUT2D eigenvalue weighted by Gasteiger charge is 2.27. The van der Waals surface area contributed by atoms with E-state index in [0.717, 1.165) is 0 Å². The Labute approximate surface area is 151 Å². The minimum absolute atomic E-state index is 0.0456. The third kappa shape index (κ3) is 3.95. The van der Waals surface area contributed by atoms with Crippen molar-refractivity contribution in [2.75, 3.05) is 26.3 Å². The van der Waals surface area contributed by atoms with Gasteiger partial charge in [-0.1, -0.05) is 11.2 Å². The number of aromatic nitrogens is 1. The fourth-order valence-electron chi connectivity index (χ4n) is 2.62. The molecule has 26 heavy (non-hydrogen) atoms. The number of carbonyl (C=O) groups is 1. The van der Waals surface area contributed by atoms with Crippen LogP contribution in [0.1, 0.15) is 27.4 Å². The van der Waals surface area contributed by atoms with E-state index in [9.17, 15) is 13.2 Å². The number of carbonyl (C=O) groups excluding carboxylic acids is 1. The van der Waals surface area contributed by atoms with Crippen LogP contribution in [0.15, 0.2) is 33.7 Å². The fraction of sp³-hybridized carbons (Fsp3) is 0.412. The molecular formula is C17H20N2O6S. The SMILES string of the molecule is Cc1cc(COC(=O)c2cc(S(=O)(=O)N3CCOCC3)ccc2C)no1. The second-order valence-corrected chi connectivity index (χ2v) is 7.94. The van der Waals surface area contributed by atoms with E-state index in [4.69, 9.17) is 14.0 Å². The molecule has 0 N–H and O–H groups in total. The second-order valence-electron chi connectivity index (χ2n) is 6.00. The Morgan fingerprint density at radius 3 is 2.62 bits per heavy atom.